The van der Waals surface area contributed by atoms with Gasteiger partial charge >= 0.3 is 6.18 Å². The molecular formula is C16H12F3N3O3. The van der Waals surface area contributed by atoms with Gasteiger partial charge in [-0.2, -0.15) is 18.3 Å². The Labute approximate surface area is 140 Å². The lowest BCUT2D eigenvalue weighted by Crippen LogP contribution is -2.19. The second kappa shape index (κ2) is 7.12. The highest BCUT2D eigenvalue weighted by Crippen LogP contribution is 2.31. The molecule has 0 bridgehead atoms. The Kier molecular flexibility index (Phi) is 5.16. The summed E-state index contributed by atoms with van der Waals surface area (Å²) in [5, 5.41) is 14.4. The number of nitrogens with one attached hydrogen (secondary N) is 1. The summed E-state index contributed by atoms with van der Waals surface area (Å²) in [4.78, 5) is 22.3. The maximum atomic E-state index is 12.9. The van der Waals surface area contributed by atoms with E-state index in [0.717, 1.165) is 12.3 Å². The third kappa shape index (κ3) is 4.19. The molecule has 0 radical (unpaired) electrons. The van der Waals surface area contributed by atoms with Gasteiger partial charge in [0.25, 0.3) is 11.6 Å². The molecule has 1 amide bonds. The average molecular weight is 351 g/mol. The van der Waals surface area contributed by atoms with Crippen LogP contribution in [0.3, 0.4) is 0 Å². The number of hydrazone groups is 1. The van der Waals surface area contributed by atoms with Crippen molar-refractivity contribution < 1.29 is 22.9 Å². The number of carbonyl (C=O) groups is 1. The van der Waals surface area contributed by atoms with Crippen LogP contribution >= 0.6 is 0 Å². The Morgan fingerprint density at radius 2 is 1.88 bits per heavy atom. The van der Waals surface area contributed by atoms with Crippen molar-refractivity contribution in [3.05, 3.63) is 74.8 Å². The number of alkyl halides is 3. The van der Waals surface area contributed by atoms with Gasteiger partial charge in [0.15, 0.2) is 0 Å². The van der Waals surface area contributed by atoms with Crippen LogP contribution in [0.15, 0.2) is 47.6 Å². The molecule has 2 rings (SSSR count). The van der Waals surface area contributed by atoms with Crippen LogP contribution in [0.2, 0.25) is 0 Å². The highest BCUT2D eigenvalue weighted by Gasteiger charge is 2.32. The zero-order chi connectivity index (χ0) is 18.6. The van der Waals surface area contributed by atoms with Gasteiger partial charge in [-0.05, 0) is 19.1 Å². The number of nitro benzene ring substituents is 1. The van der Waals surface area contributed by atoms with Gasteiger partial charge in [-0.1, -0.05) is 24.3 Å². The number of benzene rings is 2. The van der Waals surface area contributed by atoms with Gasteiger partial charge in [0.1, 0.15) is 0 Å². The summed E-state index contributed by atoms with van der Waals surface area (Å²) < 4.78 is 38.6. The van der Waals surface area contributed by atoms with Gasteiger partial charge < -0.3 is 0 Å². The molecule has 6 nitrogen and oxygen atoms in total. The second-order valence-corrected chi connectivity index (χ2v) is 4.99. The minimum atomic E-state index is -4.55. The number of halogens is 3. The van der Waals surface area contributed by atoms with E-state index in [1.54, 1.807) is 0 Å². The first-order valence-corrected chi connectivity index (χ1v) is 6.95. The number of amides is 1. The first-order chi connectivity index (χ1) is 11.7. The Morgan fingerprint density at radius 3 is 2.52 bits per heavy atom. The fourth-order valence-corrected chi connectivity index (χ4v) is 2.16. The van der Waals surface area contributed by atoms with Crippen molar-refractivity contribution >= 4 is 17.8 Å². The van der Waals surface area contributed by atoms with E-state index in [1.807, 2.05) is 0 Å². The third-order valence-corrected chi connectivity index (χ3v) is 3.38. The van der Waals surface area contributed by atoms with Gasteiger partial charge in [-0.15, -0.1) is 0 Å². The average Bonchev–Trinajstić information content (AvgIpc) is 2.54. The van der Waals surface area contributed by atoms with E-state index in [4.69, 9.17) is 0 Å². The normalized spacial score (nSPS) is 11.5. The largest absolute Gasteiger partial charge is 0.417 e. The van der Waals surface area contributed by atoms with Crippen LogP contribution in [0.1, 0.15) is 27.0 Å². The predicted molar refractivity (Wildman–Crippen MR) is 84.3 cm³/mol. The summed E-state index contributed by atoms with van der Waals surface area (Å²) >= 11 is 0. The quantitative estimate of drug-likeness (QED) is 0.518. The van der Waals surface area contributed by atoms with Crippen molar-refractivity contribution in [2.24, 2.45) is 5.10 Å². The molecule has 0 aromatic heterocycles. The van der Waals surface area contributed by atoms with E-state index in [-0.39, 0.29) is 22.4 Å². The highest BCUT2D eigenvalue weighted by atomic mass is 19.4. The van der Waals surface area contributed by atoms with Crippen molar-refractivity contribution in [3.63, 3.8) is 0 Å². The van der Waals surface area contributed by atoms with E-state index < -0.39 is 22.6 Å². The maximum Gasteiger partial charge on any atom is 0.417 e. The number of nitrogens with zero attached hydrogens (tertiary/aromatic N) is 2. The Bertz CT molecular complexity index is 848. The zero-order valence-electron chi connectivity index (χ0n) is 12.9. The topological polar surface area (TPSA) is 84.6 Å². The summed E-state index contributed by atoms with van der Waals surface area (Å²) in [7, 11) is 0. The molecule has 9 heteroatoms. The number of carbonyl (C=O) groups excluding carboxylic acids is 1. The van der Waals surface area contributed by atoms with E-state index in [0.29, 0.717) is 0 Å². The molecule has 1 N–H and O–H groups in total. The van der Waals surface area contributed by atoms with Gasteiger partial charge in [-0.25, -0.2) is 5.43 Å². The molecule has 0 aliphatic carbocycles. The fourth-order valence-electron chi connectivity index (χ4n) is 2.16. The molecule has 0 heterocycles. The smallest absolute Gasteiger partial charge is 0.267 e. The summed E-state index contributed by atoms with van der Waals surface area (Å²) in [5.41, 5.74) is 0.875. The molecule has 0 aliphatic rings. The van der Waals surface area contributed by atoms with Crippen LogP contribution in [0.25, 0.3) is 0 Å². The van der Waals surface area contributed by atoms with Crippen molar-refractivity contribution in [1.29, 1.82) is 0 Å². The van der Waals surface area contributed by atoms with Crippen molar-refractivity contribution in [2.45, 2.75) is 13.1 Å². The molecule has 0 aliphatic heterocycles. The third-order valence-electron chi connectivity index (χ3n) is 3.38. The van der Waals surface area contributed by atoms with E-state index in [1.165, 1.54) is 43.3 Å². The van der Waals surface area contributed by atoms with Gasteiger partial charge in [0.05, 0.1) is 22.3 Å². The summed E-state index contributed by atoms with van der Waals surface area (Å²) in [6, 6.07) is 8.69. The highest BCUT2D eigenvalue weighted by molar-refractivity contribution is 5.97. The molecular weight excluding hydrogens is 339 g/mol. The maximum absolute atomic E-state index is 12.9. The van der Waals surface area contributed by atoms with Crippen LogP contribution in [-0.2, 0) is 6.18 Å². The molecule has 0 spiro atoms. The van der Waals surface area contributed by atoms with Crippen molar-refractivity contribution in [1.82, 2.24) is 5.43 Å². The van der Waals surface area contributed by atoms with Gasteiger partial charge in [-0.3, -0.25) is 14.9 Å². The molecule has 2 aromatic carbocycles. The zero-order valence-corrected chi connectivity index (χ0v) is 12.9. The molecule has 2 aromatic rings. The Morgan fingerprint density at radius 1 is 1.20 bits per heavy atom. The first kappa shape index (κ1) is 18.1. The van der Waals surface area contributed by atoms with Crippen LogP contribution in [0.5, 0.6) is 0 Å². The summed E-state index contributed by atoms with van der Waals surface area (Å²) in [5.74, 6) is -0.762. The number of rotatable bonds is 4. The van der Waals surface area contributed by atoms with Crippen LogP contribution in [0.4, 0.5) is 18.9 Å². The SMILES string of the molecule is Cc1c(C(=O)N/N=C\c2ccccc2C(F)(F)F)cccc1[N+](=O)[O-]. The van der Waals surface area contributed by atoms with Gasteiger partial charge in [0.2, 0.25) is 0 Å². The Balaban J connectivity index is 2.21. The molecule has 0 saturated heterocycles. The van der Waals surface area contributed by atoms with Crippen LogP contribution in [-0.4, -0.2) is 17.0 Å². The van der Waals surface area contributed by atoms with E-state index >= 15 is 0 Å². The predicted octanol–water partition coefficient (Wildman–Crippen LogP) is 3.69. The van der Waals surface area contributed by atoms with Crippen LogP contribution in [0, 0.1) is 17.0 Å². The monoisotopic (exact) mass is 351 g/mol. The minimum absolute atomic E-state index is 0.00968. The lowest BCUT2D eigenvalue weighted by atomic mass is 10.1. The first-order valence-electron chi connectivity index (χ1n) is 6.95. The van der Waals surface area contributed by atoms with E-state index in [9.17, 15) is 28.1 Å². The lowest BCUT2D eigenvalue weighted by Gasteiger charge is -2.09. The number of hydrogen-bond acceptors (Lipinski definition) is 4. The van der Waals surface area contributed by atoms with Gasteiger partial charge in [0, 0.05) is 17.2 Å². The van der Waals surface area contributed by atoms with Crippen molar-refractivity contribution in [3.8, 4) is 0 Å². The lowest BCUT2D eigenvalue weighted by molar-refractivity contribution is -0.385. The summed E-state index contributed by atoms with van der Waals surface area (Å²) in [6.45, 7) is 1.40. The molecule has 0 unspecified atom stereocenters. The standard InChI is InChI=1S/C16H12F3N3O3/c1-10-12(6-4-8-14(10)22(24)25)15(23)21-20-9-11-5-2-3-7-13(11)16(17,18)19/h2-9H,1H3,(H,21,23)/b20-9-. The molecule has 0 fully saturated rings. The Hall–Kier alpha value is -3.23. The minimum Gasteiger partial charge on any atom is -0.267 e. The second-order valence-electron chi connectivity index (χ2n) is 4.99. The molecule has 0 saturated carbocycles. The summed E-state index contributed by atoms with van der Waals surface area (Å²) in [6.07, 6.45) is -3.68. The van der Waals surface area contributed by atoms with Crippen molar-refractivity contribution in [2.75, 3.05) is 0 Å². The van der Waals surface area contributed by atoms with Crippen LogP contribution < -0.4 is 5.43 Å². The fraction of sp³-hybridized carbons (Fsp3) is 0.125. The molecule has 25 heavy (non-hydrogen) atoms. The van der Waals surface area contributed by atoms with E-state index in [2.05, 4.69) is 10.5 Å². The number of hydrogen-bond donors (Lipinski definition) is 1. The molecule has 0 atom stereocenters. The molecule has 130 valence electrons. The number of nitro groups is 1.